The number of hydrogen-bond donors (Lipinski definition) is 1. The van der Waals surface area contributed by atoms with Crippen molar-refractivity contribution in [2.75, 3.05) is 19.6 Å². The van der Waals surface area contributed by atoms with Crippen LogP contribution < -0.4 is 5.32 Å². The number of nitrogens with one attached hydrogen (secondary N) is 1. The Kier molecular flexibility index (Phi) is 5.53. The van der Waals surface area contributed by atoms with Gasteiger partial charge in [0.15, 0.2) is 0 Å². The van der Waals surface area contributed by atoms with Crippen molar-refractivity contribution in [3.63, 3.8) is 0 Å². The van der Waals surface area contributed by atoms with E-state index in [2.05, 4.69) is 34.5 Å². The number of fused-ring (bicyclic) bond motifs is 1. The van der Waals surface area contributed by atoms with Crippen molar-refractivity contribution >= 4 is 11.8 Å². The fourth-order valence-electron chi connectivity index (χ4n) is 5.09. The third-order valence-corrected chi connectivity index (χ3v) is 7.20. The van der Waals surface area contributed by atoms with Crippen LogP contribution in [0.25, 0.3) is 0 Å². The first kappa shape index (κ1) is 20.3. The molecule has 3 aliphatic rings. The highest BCUT2D eigenvalue weighted by atomic mass is 16.2. The molecule has 0 radical (unpaired) electrons. The molecule has 5 heteroatoms. The average molecular weight is 418 g/mol. The monoisotopic (exact) mass is 417 g/mol. The molecule has 2 aromatic carbocycles. The normalized spacial score (nSPS) is 20.5. The Morgan fingerprint density at radius 1 is 1.00 bits per heavy atom. The summed E-state index contributed by atoms with van der Waals surface area (Å²) in [5.41, 5.74) is 2.78. The van der Waals surface area contributed by atoms with E-state index in [9.17, 15) is 9.59 Å². The molecular formula is C26H31N3O2. The first-order chi connectivity index (χ1) is 15.1. The van der Waals surface area contributed by atoms with Crippen molar-refractivity contribution in [2.45, 2.75) is 50.7 Å². The molecule has 1 saturated heterocycles. The van der Waals surface area contributed by atoms with Crippen LogP contribution in [0.1, 0.15) is 53.6 Å². The van der Waals surface area contributed by atoms with Crippen LogP contribution in [0, 0.1) is 5.92 Å². The maximum absolute atomic E-state index is 13.3. The summed E-state index contributed by atoms with van der Waals surface area (Å²) in [7, 11) is 0. The zero-order valence-electron chi connectivity index (χ0n) is 18.1. The van der Waals surface area contributed by atoms with E-state index < -0.39 is 5.54 Å². The van der Waals surface area contributed by atoms with Gasteiger partial charge in [-0.1, -0.05) is 48.5 Å². The van der Waals surface area contributed by atoms with Crippen LogP contribution in [-0.4, -0.2) is 46.8 Å². The lowest BCUT2D eigenvalue weighted by molar-refractivity contribution is -0.124. The smallest absolute Gasteiger partial charge is 0.254 e. The second kappa shape index (κ2) is 8.46. The van der Waals surface area contributed by atoms with Gasteiger partial charge in [-0.25, -0.2) is 0 Å². The molecule has 2 aromatic rings. The summed E-state index contributed by atoms with van der Waals surface area (Å²) in [6, 6.07) is 18.4. The molecule has 2 fully saturated rings. The molecule has 2 heterocycles. The molecule has 5 rings (SSSR count). The Morgan fingerprint density at radius 3 is 2.42 bits per heavy atom. The topological polar surface area (TPSA) is 52.7 Å². The minimum absolute atomic E-state index is 0.0853. The van der Waals surface area contributed by atoms with Gasteiger partial charge in [-0.3, -0.25) is 14.5 Å². The van der Waals surface area contributed by atoms with Crippen LogP contribution in [0.3, 0.4) is 0 Å². The number of carbonyl (C=O) groups is 2. The summed E-state index contributed by atoms with van der Waals surface area (Å²) >= 11 is 0. The lowest BCUT2D eigenvalue weighted by Gasteiger charge is -2.47. The van der Waals surface area contributed by atoms with Gasteiger partial charge in [0, 0.05) is 38.3 Å². The molecule has 31 heavy (non-hydrogen) atoms. The maximum atomic E-state index is 13.3. The fourth-order valence-corrected chi connectivity index (χ4v) is 5.09. The summed E-state index contributed by atoms with van der Waals surface area (Å²) in [6.07, 6.45) is 4.50. The van der Waals surface area contributed by atoms with E-state index in [0.29, 0.717) is 18.9 Å². The molecule has 0 atom stereocenters. The van der Waals surface area contributed by atoms with Crippen LogP contribution >= 0.6 is 0 Å². The molecule has 2 aliphatic heterocycles. The number of rotatable bonds is 7. The van der Waals surface area contributed by atoms with Gasteiger partial charge < -0.3 is 10.2 Å². The van der Waals surface area contributed by atoms with E-state index in [4.69, 9.17) is 0 Å². The van der Waals surface area contributed by atoms with Gasteiger partial charge in [-0.05, 0) is 48.8 Å². The van der Waals surface area contributed by atoms with Gasteiger partial charge in [0.2, 0.25) is 5.91 Å². The Bertz CT molecular complexity index is 946. The van der Waals surface area contributed by atoms with E-state index in [1.54, 1.807) is 0 Å². The van der Waals surface area contributed by atoms with Gasteiger partial charge in [-0.15, -0.1) is 0 Å². The van der Waals surface area contributed by atoms with Gasteiger partial charge >= 0.3 is 0 Å². The molecular weight excluding hydrogens is 386 g/mol. The Labute approximate surface area is 184 Å². The molecule has 1 saturated carbocycles. The number of likely N-dealkylation sites (tertiary alicyclic amines) is 1. The third-order valence-electron chi connectivity index (χ3n) is 7.20. The standard InChI is InChI=1S/C26H31N3O2/c30-24(27-17-20-10-11-20)16-26(29-19-22-8-4-5-9-23(22)25(29)31)12-14-28(15-13-26)18-21-6-2-1-3-7-21/h1-9,20H,10-19H2,(H,27,30). The molecule has 1 aliphatic carbocycles. The maximum Gasteiger partial charge on any atom is 0.254 e. The molecule has 0 aromatic heterocycles. The molecule has 0 bridgehead atoms. The second-order valence-electron chi connectivity index (χ2n) is 9.46. The minimum atomic E-state index is -0.406. The SMILES string of the molecule is O=C(CC1(N2Cc3ccccc3C2=O)CCN(Cc2ccccc2)CC1)NCC1CC1. The van der Waals surface area contributed by atoms with E-state index in [1.165, 1.54) is 18.4 Å². The lowest BCUT2D eigenvalue weighted by Crippen LogP contribution is -2.57. The third kappa shape index (κ3) is 4.38. The molecule has 1 N–H and O–H groups in total. The van der Waals surface area contributed by atoms with Crippen molar-refractivity contribution < 1.29 is 9.59 Å². The zero-order chi connectivity index (χ0) is 21.3. The van der Waals surface area contributed by atoms with Crippen LogP contribution in [0.4, 0.5) is 0 Å². The van der Waals surface area contributed by atoms with Crippen molar-refractivity contribution in [1.82, 2.24) is 15.1 Å². The highest BCUT2D eigenvalue weighted by Gasteiger charge is 2.46. The Balaban J connectivity index is 1.32. The van der Waals surface area contributed by atoms with E-state index in [-0.39, 0.29) is 11.8 Å². The number of hydrogen-bond acceptors (Lipinski definition) is 3. The van der Waals surface area contributed by atoms with Gasteiger partial charge in [-0.2, -0.15) is 0 Å². The van der Waals surface area contributed by atoms with E-state index in [1.807, 2.05) is 35.2 Å². The van der Waals surface area contributed by atoms with Crippen LogP contribution in [0.2, 0.25) is 0 Å². The summed E-state index contributed by atoms with van der Waals surface area (Å²) < 4.78 is 0. The van der Waals surface area contributed by atoms with Crippen molar-refractivity contribution in [1.29, 1.82) is 0 Å². The Hall–Kier alpha value is -2.66. The number of carbonyl (C=O) groups excluding carboxylic acids is 2. The van der Waals surface area contributed by atoms with Crippen molar-refractivity contribution in [3.05, 3.63) is 71.3 Å². The van der Waals surface area contributed by atoms with Crippen LogP contribution in [0.15, 0.2) is 54.6 Å². The first-order valence-electron chi connectivity index (χ1n) is 11.6. The van der Waals surface area contributed by atoms with Crippen molar-refractivity contribution in [2.24, 2.45) is 5.92 Å². The number of piperidine rings is 1. The first-order valence-corrected chi connectivity index (χ1v) is 11.6. The minimum Gasteiger partial charge on any atom is -0.356 e. The number of nitrogens with zero attached hydrogens (tertiary/aromatic N) is 2. The van der Waals surface area contributed by atoms with Gasteiger partial charge in [0.05, 0.1) is 12.0 Å². The molecule has 5 nitrogen and oxygen atoms in total. The number of benzene rings is 2. The largest absolute Gasteiger partial charge is 0.356 e. The van der Waals surface area contributed by atoms with E-state index in [0.717, 1.165) is 50.1 Å². The highest BCUT2D eigenvalue weighted by Crippen LogP contribution is 2.39. The summed E-state index contributed by atoms with van der Waals surface area (Å²) in [6.45, 7) is 4.10. The quantitative estimate of drug-likeness (QED) is 0.749. The predicted octanol–water partition coefficient (Wildman–Crippen LogP) is 3.59. The van der Waals surface area contributed by atoms with E-state index >= 15 is 0 Å². The summed E-state index contributed by atoms with van der Waals surface area (Å²) in [4.78, 5) is 30.7. The van der Waals surface area contributed by atoms with Gasteiger partial charge in [0.1, 0.15) is 0 Å². The second-order valence-corrected chi connectivity index (χ2v) is 9.46. The molecule has 2 amide bonds. The van der Waals surface area contributed by atoms with Gasteiger partial charge in [0.25, 0.3) is 5.91 Å². The summed E-state index contributed by atoms with van der Waals surface area (Å²) in [5, 5.41) is 3.14. The predicted molar refractivity (Wildman–Crippen MR) is 120 cm³/mol. The number of amides is 2. The van der Waals surface area contributed by atoms with Crippen LogP contribution in [0.5, 0.6) is 0 Å². The molecule has 0 unspecified atom stereocenters. The fraction of sp³-hybridized carbons (Fsp3) is 0.462. The van der Waals surface area contributed by atoms with Crippen LogP contribution in [-0.2, 0) is 17.9 Å². The molecule has 0 spiro atoms. The van der Waals surface area contributed by atoms with Crippen molar-refractivity contribution in [3.8, 4) is 0 Å². The summed E-state index contributed by atoms with van der Waals surface area (Å²) in [5.74, 6) is 0.833. The zero-order valence-corrected chi connectivity index (χ0v) is 18.1. The molecule has 162 valence electrons. The average Bonchev–Trinajstić information content (AvgIpc) is 3.57. The Morgan fingerprint density at radius 2 is 1.71 bits per heavy atom. The highest BCUT2D eigenvalue weighted by molar-refractivity contribution is 5.99. The lowest BCUT2D eigenvalue weighted by atomic mass is 9.82.